The summed E-state index contributed by atoms with van der Waals surface area (Å²) in [5.74, 6) is 0.778. The highest BCUT2D eigenvalue weighted by Crippen LogP contribution is 2.08. The molecule has 0 radical (unpaired) electrons. The number of amidine groups is 1. The molecule has 2 heteroatoms. The molecule has 0 spiro atoms. The molecule has 0 saturated heterocycles. The van der Waals surface area contributed by atoms with E-state index in [1.54, 1.807) is 4.90 Å². The normalized spacial score (nSPS) is 19.1. The summed E-state index contributed by atoms with van der Waals surface area (Å²) in [5.41, 5.74) is 0.995. The molecule has 62 valence electrons. The Morgan fingerprint density at radius 3 is 3.00 bits per heavy atom. The summed E-state index contributed by atoms with van der Waals surface area (Å²) in [5, 5.41) is 0. The van der Waals surface area contributed by atoms with Gasteiger partial charge in [0, 0.05) is 21.8 Å². The van der Waals surface area contributed by atoms with Crippen molar-refractivity contribution in [2.24, 2.45) is 4.99 Å². The van der Waals surface area contributed by atoms with E-state index in [9.17, 15) is 0 Å². The van der Waals surface area contributed by atoms with Crippen molar-refractivity contribution in [3.8, 4) is 0 Å². The van der Waals surface area contributed by atoms with Crippen LogP contribution in [-0.2, 0) is 0 Å². The molecule has 0 unspecified atom stereocenters. The Morgan fingerprint density at radius 1 is 1.42 bits per heavy atom. The Labute approximate surface area is 75.4 Å². The van der Waals surface area contributed by atoms with Crippen LogP contribution in [0.1, 0.15) is 8.30 Å². The first-order valence-corrected chi connectivity index (χ1v) is 4.00. The lowest BCUT2D eigenvalue weighted by Crippen LogP contribution is -2.23. The monoisotopic (exact) mass is 162 g/mol. The van der Waals surface area contributed by atoms with Crippen LogP contribution >= 0.6 is 0 Å². The second-order valence-electron chi connectivity index (χ2n) is 2.76. The smallest absolute Gasteiger partial charge is 0.130 e. The lowest BCUT2D eigenvalue weighted by molar-refractivity contribution is 0.557. The molecule has 1 aromatic carbocycles. The lowest BCUT2D eigenvalue weighted by atomic mass is 10.2. The Balaban J connectivity index is 2.26. The summed E-state index contributed by atoms with van der Waals surface area (Å²) in [6.07, 6.45) is 0. The quantitative estimate of drug-likeness (QED) is 0.609. The van der Waals surface area contributed by atoms with Crippen molar-refractivity contribution in [3.63, 3.8) is 0 Å². The Bertz CT molecular complexity index is 335. The SMILES string of the molecule is [2H]C([2H])N1CCN=C1c1ccccc1. The van der Waals surface area contributed by atoms with E-state index < -0.39 is 7.00 Å². The number of hydrogen-bond donors (Lipinski definition) is 0. The lowest BCUT2D eigenvalue weighted by Gasteiger charge is -2.12. The second kappa shape index (κ2) is 2.97. The molecule has 0 fully saturated rings. The van der Waals surface area contributed by atoms with Crippen molar-refractivity contribution in [1.29, 1.82) is 0 Å². The van der Waals surface area contributed by atoms with Gasteiger partial charge in [0.15, 0.2) is 0 Å². The predicted octanol–water partition coefficient (Wildman–Crippen LogP) is 1.38. The van der Waals surface area contributed by atoms with Gasteiger partial charge in [-0.2, -0.15) is 0 Å². The molecular weight excluding hydrogens is 148 g/mol. The molecule has 0 atom stereocenters. The molecule has 0 N–H and O–H groups in total. The minimum atomic E-state index is -0.962. The Morgan fingerprint density at radius 2 is 2.25 bits per heavy atom. The van der Waals surface area contributed by atoms with Gasteiger partial charge in [0.1, 0.15) is 5.84 Å². The fourth-order valence-corrected chi connectivity index (χ4v) is 1.30. The minimum Gasteiger partial charge on any atom is -0.358 e. The average Bonchev–Trinajstić information content (AvgIpc) is 2.67. The van der Waals surface area contributed by atoms with E-state index in [1.165, 1.54) is 0 Å². The van der Waals surface area contributed by atoms with Crippen LogP contribution in [0.3, 0.4) is 0 Å². The van der Waals surface area contributed by atoms with Crippen LogP contribution in [-0.4, -0.2) is 30.8 Å². The van der Waals surface area contributed by atoms with Crippen LogP contribution in [0, 0.1) is 0 Å². The van der Waals surface area contributed by atoms with Gasteiger partial charge >= 0.3 is 0 Å². The summed E-state index contributed by atoms with van der Waals surface area (Å²) in [6, 6.07) is 9.75. The number of rotatable bonds is 1. The van der Waals surface area contributed by atoms with Crippen molar-refractivity contribution < 1.29 is 2.74 Å². The molecule has 1 heterocycles. The van der Waals surface area contributed by atoms with Crippen molar-refractivity contribution in [1.82, 2.24) is 4.90 Å². The van der Waals surface area contributed by atoms with E-state index in [2.05, 4.69) is 4.99 Å². The van der Waals surface area contributed by atoms with Gasteiger partial charge in [0.05, 0.1) is 6.54 Å². The largest absolute Gasteiger partial charge is 0.358 e. The van der Waals surface area contributed by atoms with E-state index in [0.717, 1.165) is 11.4 Å². The predicted molar refractivity (Wildman–Crippen MR) is 50.5 cm³/mol. The maximum atomic E-state index is 7.37. The molecule has 1 aromatic rings. The average molecular weight is 162 g/mol. The van der Waals surface area contributed by atoms with Crippen LogP contribution in [0.4, 0.5) is 0 Å². The number of likely N-dealkylation sites (N-methyl/N-ethyl adjacent to an activating group) is 1. The minimum absolute atomic E-state index is 0.682. The summed E-state index contributed by atoms with van der Waals surface area (Å²) in [4.78, 5) is 6.00. The van der Waals surface area contributed by atoms with Crippen LogP contribution in [0.15, 0.2) is 35.3 Å². The zero-order valence-corrected chi connectivity index (χ0v) is 6.77. The molecule has 1 aliphatic heterocycles. The summed E-state index contributed by atoms with van der Waals surface area (Å²) in [6.45, 7) is 0.414. The summed E-state index contributed by atoms with van der Waals surface area (Å²) < 4.78 is 14.7. The van der Waals surface area contributed by atoms with E-state index in [-0.39, 0.29) is 0 Å². The highest BCUT2D eigenvalue weighted by molar-refractivity contribution is 5.99. The number of nitrogens with zero attached hydrogens (tertiary/aromatic N) is 2. The Hall–Kier alpha value is -1.31. The molecule has 0 saturated carbocycles. The van der Waals surface area contributed by atoms with Gasteiger partial charge < -0.3 is 4.90 Å². The van der Waals surface area contributed by atoms with Crippen LogP contribution < -0.4 is 0 Å². The first-order valence-electron chi connectivity index (χ1n) is 5.15. The van der Waals surface area contributed by atoms with Crippen molar-refractivity contribution in [2.45, 2.75) is 0 Å². The van der Waals surface area contributed by atoms with Gasteiger partial charge in [0.25, 0.3) is 0 Å². The summed E-state index contributed by atoms with van der Waals surface area (Å²) in [7, 11) is 0. The second-order valence-corrected chi connectivity index (χ2v) is 2.76. The van der Waals surface area contributed by atoms with Gasteiger partial charge in [-0.15, -0.1) is 0 Å². The number of benzene rings is 1. The van der Waals surface area contributed by atoms with E-state index in [4.69, 9.17) is 2.74 Å². The van der Waals surface area contributed by atoms with Gasteiger partial charge in [-0.25, -0.2) is 0 Å². The maximum absolute atomic E-state index is 7.37. The number of aliphatic imine (C=N–C) groups is 1. The molecule has 1 aliphatic rings. The first-order chi connectivity index (χ1) is 6.79. The molecule has 0 bridgehead atoms. The van der Waals surface area contributed by atoms with E-state index in [1.807, 2.05) is 30.3 Å². The summed E-state index contributed by atoms with van der Waals surface area (Å²) >= 11 is 0. The van der Waals surface area contributed by atoms with Crippen LogP contribution in [0.5, 0.6) is 0 Å². The highest BCUT2D eigenvalue weighted by Gasteiger charge is 2.12. The van der Waals surface area contributed by atoms with Crippen molar-refractivity contribution >= 4 is 5.84 Å². The van der Waals surface area contributed by atoms with Gasteiger partial charge in [0.2, 0.25) is 0 Å². The fraction of sp³-hybridized carbons (Fsp3) is 0.300. The molecule has 2 nitrogen and oxygen atoms in total. The molecular formula is C10H12N2. The molecule has 12 heavy (non-hydrogen) atoms. The molecule has 0 aromatic heterocycles. The molecule has 0 amide bonds. The van der Waals surface area contributed by atoms with Crippen LogP contribution in [0.25, 0.3) is 0 Å². The molecule has 0 aliphatic carbocycles. The zero-order chi connectivity index (χ0) is 9.97. The highest BCUT2D eigenvalue weighted by atomic mass is 15.2. The van der Waals surface area contributed by atoms with Gasteiger partial charge in [-0.05, 0) is 0 Å². The third-order valence-electron chi connectivity index (χ3n) is 1.91. The first kappa shape index (κ1) is 5.36. The zero-order valence-electron chi connectivity index (χ0n) is 8.77. The van der Waals surface area contributed by atoms with Crippen molar-refractivity contribution in [2.75, 3.05) is 20.1 Å². The number of hydrogen-bond acceptors (Lipinski definition) is 2. The van der Waals surface area contributed by atoms with E-state index in [0.29, 0.717) is 13.1 Å². The third-order valence-corrected chi connectivity index (χ3v) is 1.91. The van der Waals surface area contributed by atoms with Gasteiger partial charge in [-0.1, -0.05) is 30.3 Å². The third kappa shape index (κ3) is 1.20. The van der Waals surface area contributed by atoms with Crippen LogP contribution in [0.2, 0.25) is 0 Å². The Kier molecular flexibility index (Phi) is 1.33. The van der Waals surface area contributed by atoms with Crippen molar-refractivity contribution in [3.05, 3.63) is 35.9 Å². The maximum Gasteiger partial charge on any atom is 0.130 e. The van der Waals surface area contributed by atoms with E-state index >= 15 is 0 Å². The van der Waals surface area contributed by atoms with Gasteiger partial charge in [-0.3, -0.25) is 4.99 Å². The fourth-order valence-electron chi connectivity index (χ4n) is 1.30. The topological polar surface area (TPSA) is 15.6 Å². The standard InChI is InChI=1S/C10H12N2/c1-12-8-7-11-10(12)9-5-3-2-4-6-9/h2-6H,7-8H2,1H3/i1D2. The molecule has 2 rings (SSSR count).